The van der Waals surface area contributed by atoms with Gasteiger partial charge in [-0.3, -0.25) is 0 Å². The molecule has 3 nitrogen and oxygen atoms in total. The fourth-order valence-electron chi connectivity index (χ4n) is 2.64. The van der Waals surface area contributed by atoms with Crippen molar-refractivity contribution in [2.75, 3.05) is 5.32 Å². The van der Waals surface area contributed by atoms with Crippen LogP contribution in [0, 0.1) is 5.82 Å². The molecule has 106 valence electrons. The molecule has 0 atom stereocenters. The third-order valence-corrected chi connectivity index (χ3v) is 4.18. The summed E-state index contributed by atoms with van der Waals surface area (Å²) in [6.45, 7) is 0. The molecule has 6 heteroatoms. The van der Waals surface area contributed by atoms with Crippen LogP contribution >= 0.6 is 23.2 Å². The Kier molecular flexibility index (Phi) is 3.85. The van der Waals surface area contributed by atoms with Crippen LogP contribution in [0.1, 0.15) is 31.7 Å². The third kappa shape index (κ3) is 2.63. The van der Waals surface area contributed by atoms with Gasteiger partial charge in [0, 0.05) is 24.1 Å². The van der Waals surface area contributed by atoms with Gasteiger partial charge in [0.1, 0.15) is 0 Å². The number of aromatic nitrogens is 2. The maximum atomic E-state index is 13.4. The normalized spacial score (nSPS) is 15.8. The van der Waals surface area contributed by atoms with Crippen LogP contribution in [0.15, 0.2) is 24.5 Å². The van der Waals surface area contributed by atoms with Crippen LogP contribution in [-0.4, -0.2) is 9.55 Å². The molecule has 1 aromatic carbocycles. The Morgan fingerprint density at radius 1 is 1.20 bits per heavy atom. The lowest BCUT2D eigenvalue weighted by Crippen LogP contribution is -2.08. The van der Waals surface area contributed by atoms with Crippen LogP contribution in [0.4, 0.5) is 16.0 Å². The molecular weight excluding hydrogens is 300 g/mol. The number of benzene rings is 1. The number of imidazole rings is 1. The van der Waals surface area contributed by atoms with Gasteiger partial charge in [-0.1, -0.05) is 36.0 Å². The van der Waals surface area contributed by atoms with Gasteiger partial charge in [-0.25, -0.2) is 9.37 Å². The lowest BCUT2D eigenvalue weighted by molar-refractivity contribution is 0.525. The van der Waals surface area contributed by atoms with E-state index in [2.05, 4.69) is 14.9 Å². The monoisotopic (exact) mass is 313 g/mol. The second kappa shape index (κ2) is 5.62. The van der Waals surface area contributed by atoms with Gasteiger partial charge < -0.3 is 9.88 Å². The van der Waals surface area contributed by atoms with Crippen molar-refractivity contribution in [1.82, 2.24) is 9.55 Å². The summed E-state index contributed by atoms with van der Waals surface area (Å²) in [5.74, 6) is 0.133. The number of nitrogens with zero attached hydrogens (tertiary/aromatic N) is 2. The predicted molar refractivity (Wildman–Crippen MR) is 79.4 cm³/mol. The van der Waals surface area contributed by atoms with Crippen molar-refractivity contribution in [1.29, 1.82) is 0 Å². The van der Waals surface area contributed by atoms with E-state index in [-0.39, 0.29) is 10.0 Å². The number of hydrogen-bond donors (Lipinski definition) is 1. The van der Waals surface area contributed by atoms with Crippen LogP contribution < -0.4 is 5.32 Å². The Hall–Kier alpha value is -1.26. The molecular formula is C14H14Cl2FN3. The van der Waals surface area contributed by atoms with Gasteiger partial charge >= 0.3 is 0 Å². The maximum absolute atomic E-state index is 13.4. The highest BCUT2D eigenvalue weighted by Gasteiger charge is 2.19. The molecule has 1 saturated carbocycles. The lowest BCUT2D eigenvalue weighted by Gasteiger charge is -2.16. The number of anilines is 2. The Morgan fingerprint density at radius 3 is 2.50 bits per heavy atom. The molecule has 1 N–H and O–H groups in total. The fourth-order valence-corrected chi connectivity index (χ4v) is 3.13. The molecule has 0 spiro atoms. The van der Waals surface area contributed by atoms with Gasteiger partial charge in [0.2, 0.25) is 5.95 Å². The van der Waals surface area contributed by atoms with Crippen molar-refractivity contribution >= 4 is 34.8 Å². The van der Waals surface area contributed by atoms with Crippen molar-refractivity contribution in [2.24, 2.45) is 0 Å². The molecule has 0 amide bonds. The molecule has 1 aromatic heterocycles. The molecule has 1 fully saturated rings. The van der Waals surface area contributed by atoms with Gasteiger partial charge in [0.25, 0.3) is 0 Å². The zero-order chi connectivity index (χ0) is 14.1. The fraction of sp³-hybridized carbons (Fsp3) is 0.357. The Morgan fingerprint density at radius 2 is 1.85 bits per heavy atom. The number of rotatable bonds is 3. The van der Waals surface area contributed by atoms with Crippen molar-refractivity contribution < 1.29 is 4.39 Å². The van der Waals surface area contributed by atoms with E-state index in [9.17, 15) is 4.39 Å². The van der Waals surface area contributed by atoms with E-state index in [0.717, 1.165) is 18.8 Å². The van der Waals surface area contributed by atoms with Crippen LogP contribution in [0.5, 0.6) is 0 Å². The summed E-state index contributed by atoms with van der Waals surface area (Å²) < 4.78 is 15.5. The summed E-state index contributed by atoms with van der Waals surface area (Å²) in [4.78, 5) is 4.31. The quantitative estimate of drug-likeness (QED) is 0.790. The van der Waals surface area contributed by atoms with E-state index in [1.54, 1.807) is 6.20 Å². The van der Waals surface area contributed by atoms with Crippen molar-refractivity contribution in [3.63, 3.8) is 0 Å². The predicted octanol–water partition coefficient (Wildman–Crippen LogP) is 5.19. The van der Waals surface area contributed by atoms with Crippen LogP contribution in [-0.2, 0) is 0 Å². The summed E-state index contributed by atoms with van der Waals surface area (Å²) in [5.41, 5.74) is 0.631. The first-order chi connectivity index (χ1) is 9.65. The smallest absolute Gasteiger partial charge is 0.207 e. The minimum atomic E-state index is -0.599. The Bertz CT molecular complexity index is 598. The number of hydrogen-bond acceptors (Lipinski definition) is 2. The topological polar surface area (TPSA) is 29.9 Å². The van der Waals surface area contributed by atoms with Crippen LogP contribution in [0.25, 0.3) is 0 Å². The second-order valence-corrected chi connectivity index (χ2v) is 5.79. The SMILES string of the molecule is Fc1c(Cl)cc(Nc2nccn2C2CCCC2)cc1Cl. The van der Waals surface area contributed by atoms with Crippen molar-refractivity contribution in [3.05, 3.63) is 40.4 Å². The summed E-state index contributed by atoms with van der Waals surface area (Å²) in [6.07, 6.45) is 8.54. The zero-order valence-electron chi connectivity index (χ0n) is 10.7. The molecule has 1 aliphatic rings. The largest absolute Gasteiger partial charge is 0.326 e. The van der Waals surface area contributed by atoms with E-state index in [0.29, 0.717) is 11.7 Å². The van der Waals surface area contributed by atoms with E-state index in [1.165, 1.54) is 25.0 Å². The molecule has 0 unspecified atom stereocenters. The molecule has 1 heterocycles. The van der Waals surface area contributed by atoms with Gasteiger partial charge in [0.15, 0.2) is 5.82 Å². The van der Waals surface area contributed by atoms with Crippen molar-refractivity contribution in [2.45, 2.75) is 31.7 Å². The van der Waals surface area contributed by atoms with E-state index < -0.39 is 5.82 Å². The highest BCUT2D eigenvalue weighted by Crippen LogP contribution is 2.33. The van der Waals surface area contributed by atoms with Crippen molar-refractivity contribution in [3.8, 4) is 0 Å². The Balaban J connectivity index is 1.86. The standard InChI is InChI=1S/C14H14Cl2FN3/c15-11-7-9(8-12(16)13(11)17)19-14-18-5-6-20(14)10-3-1-2-4-10/h5-8,10H,1-4H2,(H,18,19). The lowest BCUT2D eigenvalue weighted by atomic mass is 10.2. The summed E-state index contributed by atoms with van der Waals surface area (Å²) in [5, 5.41) is 3.15. The van der Waals surface area contributed by atoms with E-state index in [1.807, 2.05) is 6.20 Å². The molecule has 1 aliphatic carbocycles. The van der Waals surface area contributed by atoms with E-state index >= 15 is 0 Å². The summed E-state index contributed by atoms with van der Waals surface area (Å²) in [6, 6.07) is 3.50. The Labute approximate surface area is 126 Å². The maximum Gasteiger partial charge on any atom is 0.207 e. The highest BCUT2D eigenvalue weighted by molar-refractivity contribution is 6.35. The van der Waals surface area contributed by atoms with Gasteiger partial charge in [-0.15, -0.1) is 0 Å². The van der Waals surface area contributed by atoms with Gasteiger partial charge in [-0.2, -0.15) is 0 Å². The number of halogens is 3. The molecule has 0 radical (unpaired) electrons. The van der Waals surface area contributed by atoms with Crippen LogP contribution in [0.2, 0.25) is 10.0 Å². The number of nitrogens with one attached hydrogen (secondary N) is 1. The average Bonchev–Trinajstić information content (AvgIpc) is 3.05. The minimum Gasteiger partial charge on any atom is -0.326 e. The molecule has 0 aliphatic heterocycles. The summed E-state index contributed by atoms with van der Waals surface area (Å²) in [7, 11) is 0. The molecule has 0 saturated heterocycles. The first-order valence-electron chi connectivity index (χ1n) is 6.59. The second-order valence-electron chi connectivity index (χ2n) is 4.98. The average molecular weight is 314 g/mol. The summed E-state index contributed by atoms with van der Waals surface area (Å²) >= 11 is 11.6. The molecule has 3 rings (SSSR count). The highest BCUT2D eigenvalue weighted by atomic mass is 35.5. The minimum absolute atomic E-state index is 0.000951. The molecule has 2 aromatic rings. The van der Waals surface area contributed by atoms with Gasteiger partial charge in [0.05, 0.1) is 10.0 Å². The van der Waals surface area contributed by atoms with Gasteiger partial charge in [-0.05, 0) is 25.0 Å². The third-order valence-electron chi connectivity index (χ3n) is 3.63. The van der Waals surface area contributed by atoms with Crippen LogP contribution in [0.3, 0.4) is 0 Å². The zero-order valence-corrected chi connectivity index (χ0v) is 12.3. The van der Waals surface area contributed by atoms with E-state index in [4.69, 9.17) is 23.2 Å². The molecule has 0 bridgehead atoms. The molecule has 20 heavy (non-hydrogen) atoms. The first-order valence-corrected chi connectivity index (χ1v) is 7.35. The first kappa shape index (κ1) is 13.7.